The molecular formula is C19H22BrN3O3S. The standard InChI is InChI=1S/C19H22BrN3O3S/c1-19(2)9-13(6-7-26-19)23-17-15(18(25)22-23)16(27-10-14(24)21-17)11-4-3-5-12(20)8-11/h3-5,8,13,16H,6-7,9-10H2,1-2H3,(H,21,24)(H,22,25)/t13-,16+/m0/s1. The summed E-state index contributed by atoms with van der Waals surface area (Å²) in [4.78, 5) is 25.3. The molecule has 1 aromatic carbocycles. The van der Waals surface area contributed by atoms with Gasteiger partial charge in [0.05, 0.1) is 28.2 Å². The van der Waals surface area contributed by atoms with Gasteiger partial charge in [-0.1, -0.05) is 28.1 Å². The Kier molecular flexibility index (Phi) is 4.98. The predicted molar refractivity (Wildman–Crippen MR) is 110 cm³/mol. The van der Waals surface area contributed by atoms with E-state index in [0.29, 0.717) is 23.7 Å². The minimum absolute atomic E-state index is 0.0803. The van der Waals surface area contributed by atoms with Crippen molar-refractivity contribution in [2.75, 3.05) is 17.7 Å². The summed E-state index contributed by atoms with van der Waals surface area (Å²) < 4.78 is 8.62. The maximum Gasteiger partial charge on any atom is 0.270 e. The highest BCUT2D eigenvalue weighted by Gasteiger charge is 2.35. The molecule has 1 aromatic heterocycles. The molecule has 0 bridgehead atoms. The maximum atomic E-state index is 12.9. The lowest BCUT2D eigenvalue weighted by atomic mass is 9.94. The zero-order valence-electron chi connectivity index (χ0n) is 15.3. The van der Waals surface area contributed by atoms with Crippen molar-refractivity contribution in [3.63, 3.8) is 0 Å². The number of rotatable bonds is 2. The maximum absolute atomic E-state index is 12.9. The van der Waals surface area contributed by atoms with Crippen LogP contribution in [0.1, 0.15) is 49.1 Å². The quantitative estimate of drug-likeness (QED) is 0.726. The van der Waals surface area contributed by atoms with Crippen LogP contribution in [0.4, 0.5) is 5.82 Å². The molecule has 1 saturated heterocycles. The number of aromatic nitrogens is 2. The molecule has 4 rings (SSSR count). The Balaban J connectivity index is 1.81. The van der Waals surface area contributed by atoms with Gasteiger partial charge in [0.15, 0.2) is 0 Å². The molecule has 0 unspecified atom stereocenters. The Bertz CT molecular complexity index is 937. The molecule has 8 heteroatoms. The second kappa shape index (κ2) is 7.14. The SMILES string of the molecule is CC1(C)C[C@@H](n2[nH]c(=O)c3c2NC(=O)CS[C@@H]3c2cccc(Br)c2)CCO1. The summed E-state index contributed by atoms with van der Waals surface area (Å²) in [6, 6.07) is 7.99. The molecule has 1 fully saturated rings. The number of nitrogens with zero attached hydrogens (tertiary/aromatic N) is 1. The van der Waals surface area contributed by atoms with E-state index in [2.05, 4.69) is 40.2 Å². The van der Waals surface area contributed by atoms with Crippen molar-refractivity contribution in [2.24, 2.45) is 0 Å². The molecule has 1 amide bonds. The first-order valence-electron chi connectivity index (χ1n) is 8.99. The number of thioether (sulfide) groups is 1. The van der Waals surface area contributed by atoms with Crippen molar-refractivity contribution in [1.82, 2.24) is 9.78 Å². The van der Waals surface area contributed by atoms with Crippen LogP contribution in [-0.2, 0) is 9.53 Å². The summed E-state index contributed by atoms with van der Waals surface area (Å²) in [5.74, 6) is 0.824. The van der Waals surface area contributed by atoms with Gasteiger partial charge < -0.3 is 10.1 Å². The smallest absolute Gasteiger partial charge is 0.270 e. The Hall–Kier alpha value is -1.51. The predicted octanol–water partition coefficient (Wildman–Crippen LogP) is 3.84. The van der Waals surface area contributed by atoms with Gasteiger partial charge in [0, 0.05) is 11.1 Å². The monoisotopic (exact) mass is 451 g/mol. The number of carbonyl (C=O) groups is 1. The number of hydrogen-bond acceptors (Lipinski definition) is 4. The lowest BCUT2D eigenvalue weighted by Gasteiger charge is -2.36. The van der Waals surface area contributed by atoms with E-state index in [0.717, 1.165) is 22.9 Å². The average molecular weight is 452 g/mol. The van der Waals surface area contributed by atoms with Crippen LogP contribution in [0.2, 0.25) is 0 Å². The first-order chi connectivity index (χ1) is 12.8. The second-order valence-electron chi connectivity index (χ2n) is 7.62. The summed E-state index contributed by atoms with van der Waals surface area (Å²) in [5, 5.41) is 5.76. The minimum atomic E-state index is -0.260. The van der Waals surface area contributed by atoms with Gasteiger partial charge in [0.1, 0.15) is 5.82 Å². The number of halogens is 1. The summed E-state index contributed by atoms with van der Waals surface area (Å²) in [6.07, 6.45) is 1.57. The van der Waals surface area contributed by atoms with Crippen LogP contribution in [-0.4, -0.2) is 33.6 Å². The Morgan fingerprint density at radius 1 is 1.33 bits per heavy atom. The highest BCUT2D eigenvalue weighted by molar-refractivity contribution is 9.10. The molecule has 2 atom stereocenters. The fraction of sp³-hybridized carbons (Fsp3) is 0.474. The van der Waals surface area contributed by atoms with Crippen molar-refractivity contribution in [1.29, 1.82) is 0 Å². The van der Waals surface area contributed by atoms with E-state index in [1.807, 2.05) is 28.9 Å². The van der Waals surface area contributed by atoms with E-state index < -0.39 is 0 Å². The molecule has 0 radical (unpaired) electrons. The van der Waals surface area contributed by atoms with Crippen LogP contribution in [0, 0.1) is 0 Å². The van der Waals surface area contributed by atoms with E-state index in [1.165, 1.54) is 11.8 Å². The molecular weight excluding hydrogens is 430 g/mol. The molecule has 3 heterocycles. The summed E-state index contributed by atoms with van der Waals surface area (Å²) in [5.41, 5.74) is 1.22. The van der Waals surface area contributed by atoms with Crippen molar-refractivity contribution in [3.05, 3.63) is 50.2 Å². The number of carbonyl (C=O) groups excluding carboxylic acids is 1. The van der Waals surface area contributed by atoms with Crippen LogP contribution < -0.4 is 10.9 Å². The van der Waals surface area contributed by atoms with Gasteiger partial charge in [-0.3, -0.25) is 19.4 Å². The number of aromatic amines is 1. The van der Waals surface area contributed by atoms with E-state index in [-0.39, 0.29) is 28.4 Å². The Labute approximate surface area is 170 Å². The molecule has 2 aliphatic heterocycles. The number of ether oxygens (including phenoxy) is 1. The van der Waals surface area contributed by atoms with Crippen molar-refractivity contribution >= 4 is 39.4 Å². The lowest BCUT2D eigenvalue weighted by Crippen LogP contribution is -2.36. The van der Waals surface area contributed by atoms with Gasteiger partial charge in [-0.15, -0.1) is 11.8 Å². The van der Waals surface area contributed by atoms with Gasteiger partial charge in [-0.05, 0) is 44.4 Å². The van der Waals surface area contributed by atoms with Gasteiger partial charge >= 0.3 is 0 Å². The fourth-order valence-corrected chi connectivity index (χ4v) is 5.40. The number of H-pyrrole nitrogens is 1. The number of nitrogens with one attached hydrogen (secondary N) is 2. The van der Waals surface area contributed by atoms with Crippen LogP contribution in [0.25, 0.3) is 0 Å². The fourth-order valence-electron chi connectivity index (χ4n) is 3.87. The highest BCUT2D eigenvalue weighted by atomic mass is 79.9. The minimum Gasteiger partial charge on any atom is -0.375 e. The lowest BCUT2D eigenvalue weighted by molar-refractivity contribution is -0.113. The van der Waals surface area contributed by atoms with Gasteiger partial charge in [-0.2, -0.15) is 0 Å². The third-order valence-corrected chi connectivity index (χ3v) is 6.81. The number of amides is 1. The molecule has 0 saturated carbocycles. The topological polar surface area (TPSA) is 76.1 Å². The molecule has 6 nitrogen and oxygen atoms in total. The largest absolute Gasteiger partial charge is 0.375 e. The van der Waals surface area contributed by atoms with Gasteiger partial charge in [0.25, 0.3) is 5.56 Å². The summed E-state index contributed by atoms with van der Waals surface area (Å²) >= 11 is 4.98. The molecule has 2 N–H and O–H groups in total. The number of anilines is 1. The summed E-state index contributed by atoms with van der Waals surface area (Å²) in [6.45, 7) is 4.74. The number of benzene rings is 1. The van der Waals surface area contributed by atoms with Crippen LogP contribution in [0.15, 0.2) is 33.5 Å². The van der Waals surface area contributed by atoms with Gasteiger partial charge in [-0.25, -0.2) is 0 Å². The normalized spacial score (nSPS) is 24.8. The average Bonchev–Trinajstić information content (AvgIpc) is 2.80. The van der Waals surface area contributed by atoms with Crippen molar-refractivity contribution < 1.29 is 9.53 Å². The zero-order valence-corrected chi connectivity index (χ0v) is 17.7. The Morgan fingerprint density at radius 3 is 2.89 bits per heavy atom. The van der Waals surface area contributed by atoms with Gasteiger partial charge in [0.2, 0.25) is 5.91 Å². The van der Waals surface area contributed by atoms with E-state index >= 15 is 0 Å². The third kappa shape index (κ3) is 3.75. The molecule has 144 valence electrons. The second-order valence-corrected chi connectivity index (χ2v) is 9.63. The van der Waals surface area contributed by atoms with Crippen molar-refractivity contribution in [2.45, 2.75) is 43.6 Å². The van der Waals surface area contributed by atoms with E-state index in [4.69, 9.17) is 4.74 Å². The molecule has 0 aliphatic carbocycles. The van der Waals surface area contributed by atoms with Crippen LogP contribution >= 0.6 is 27.7 Å². The molecule has 27 heavy (non-hydrogen) atoms. The first kappa shape index (κ1) is 18.8. The van der Waals surface area contributed by atoms with E-state index in [9.17, 15) is 9.59 Å². The first-order valence-corrected chi connectivity index (χ1v) is 10.8. The zero-order chi connectivity index (χ0) is 19.2. The number of hydrogen-bond donors (Lipinski definition) is 2. The summed E-state index contributed by atoms with van der Waals surface area (Å²) in [7, 11) is 0. The third-order valence-electron chi connectivity index (χ3n) is 5.05. The molecule has 2 aliphatic rings. The highest BCUT2D eigenvalue weighted by Crippen LogP contribution is 2.42. The Morgan fingerprint density at radius 2 is 2.15 bits per heavy atom. The molecule has 0 spiro atoms. The van der Waals surface area contributed by atoms with Crippen molar-refractivity contribution in [3.8, 4) is 0 Å². The van der Waals surface area contributed by atoms with E-state index in [1.54, 1.807) is 0 Å². The van der Waals surface area contributed by atoms with Crippen LogP contribution in [0.3, 0.4) is 0 Å². The molecule has 2 aromatic rings. The number of fused-ring (bicyclic) bond motifs is 1. The van der Waals surface area contributed by atoms with Crippen LogP contribution in [0.5, 0.6) is 0 Å².